The van der Waals surface area contributed by atoms with E-state index in [2.05, 4.69) is 0 Å². The molecule has 1 aliphatic heterocycles. The van der Waals surface area contributed by atoms with Gasteiger partial charge in [-0.1, -0.05) is 35.9 Å². The third-order valence-electron chi connectivity index (χ3n) is 3.95. The molecular formula is C17H16ClNO2. The number of anilines is 1. The van der Waals surface area contributed by atoms with E-state index in [9.17, 15) is 9.90 Å². The summed E-state index contributed by atoms with van der Waals surface area (Å²) in [7, 11) is 1.79. The van der Waals surface area contributed by atoms with E-state index in [0.717, 1.165) is 28.8 Å². The number of hydrogen-bond acceptors (Lipinski definition) is 2. The third-order valence-corrected chi connectivity index (χ3v) is 4.20. The molecule has 108 valence electrons. The van der Waals surface area contributed by atoms with Crippen LogP contribution in [0.3, 0.4) is 0 Å². The molecule has 0 aromatic heterocycles. The summed E-state index contributed by atoms with van der Waals surface area (Å²) in [5.41, 5.74) is 3.67. The van der Waals surface area contributed by atoms with E-state index >= 15 is 0 Å². The zero-order chi connectivity index (χ0) is 15.0. The Labute approximate surface area is 128 Å². The molecule has 4 heteroatoms. The van der Waals surface area contributed by atoms with Gasteiger partial charge >= 0.3 is 0 Å². The highest BCUT2D eigenvalue weighted by Gasteiger charge is 2.22. The molecule has 1 N–H and O–H groups in total. The van der Waals surface area contributed by atoms with Crippen LogP contribution in [0.4, 0.5) is 5.69 Å². The summed E-state index contributed by atoms with van der Waals surface area (Å²) in [5, 5.41) is 11.1. The summed E-state index contributed by atoms with van der Waals surface area (Å²) in [4.78, 5) is 13.4. The second kappa shape index (κ2) is 5.51. The quantitative estimate of drug-likeness (QED) is 0.924. The maximum Gasteiger partial charge on any atom is 0.227 e. The molecule has 0 saturated heterocycles. The van der Waals surface area contributed by atoms with Crippen LogP contribution in [-0.2, 0) is 11.2 Å². The first-order valence-corrected chi connectivity index (χ1v) is 7.27. The number of hydrogen-bond donors (Lipinski definition) is 1. The Balaban J connectivity index is 1.93. The highest BCUT2D eigenvalue weighted by atomic mass is 35.5. The van der Waals surface area contributed by atoms with Crippen LogP contribution in [0.2, 0.25) is 5.02 Å². The summed E-state index contributed by atoms with van der Waals surface area (Å²) in [6.45, 7) is 0. The zero-order valence-corrected chi connectivity index (χ0v) is 12.5. The van der Waals surface area contributed by atoms with Gasteiger partial charge < -0.3 is 10.0 Å². The van der Waals surface area contributed by atoms with Gasteiger partial charge in [0.2, 0.25) is 5.91 Å². The van der Waals surface area contributed by atoms with E-state index in [1.165, 1.54) is 0 Å². The van der Waals surface area contributed by atoms with Gasteiger partial charge in [-0.25, -0.2) is 0 Å². The van der Waals surface area contributed by atoms with Gasteiger partial charge in [0.05, 0.1) is 0 Å². The Kier molecular flexibility index (Phi) is 3.70. The van der Waals surface area contributed by atoms with Crippen molar-refractivity contribution in [2.75, 3.05) is 11.9 Å². The van der Waals surface area contributed by atoms with E-state index < -0.39 is 6.10 Å². The van der Waals surface area contributed by atoms with Gasteiger partial charge in [-0.3, -0.25) is 4.79 Å². The highest BCUT2D eigenvalue weighted by Crippen LogP contribution is 2.31. The van der Waals surface area contributed by atoms with Crippen molar-refractivity contribution < 1.29 is 9.90 Å². The summed E-state index contributed by atoms with van der Waals surface area (Å²) in [6.07, 6.45) is 0.555. The first kappa shape index (κ1) is 14.1. The number of benzene rings is 2. The van der Waals surface area contributed by atoms with Gasteiger partial charge in [-0.2, -0.15) is 0 Å². The zero-order valence-electron chi connectivity index (χ0n) is 11.7. The largest absolute Gasteiger partial charge is 0.384 e. The summed E-state index contributed by atoms with van der Waals surface area (Å²) < 4.78 is 0. The van der Waals surface area contributed by atoms with Gasteiger partial charge in [0.1, 0.15) is 6.10 Å². The molecule has 2 aromatic rings. The lowest BCUT2D eigenvalue weighted by atomic mass is 9.95. The van der Waals surface area contributed by atoms with Gasteiger partial charge in [-0.15, -0.1) is 0 Å². The molecule has 0 spiro atoms. The first-order chi connectivity index (χ1) is 10.1. The second-order valence-corrected chi connectivity index (χ2v) is 5.73. The molecule has 1 amide bonds. The number of amides is 1. The Morgan fingerprint density at radius 1 is 1.10 bits per heavy atom. The van der Waals surface area contributed by atoms with Gasteiger partial charge in [0.25, 0.3) is 0 Å². The van der Waals surface area contributed by atoms with Gasteiger partial charge in [0, 0.05) is 24.2 Å². The van der Waals surface area contributed by atoms with Crippen LogP contribution in [0.1, 0.15) is 29.2 Å². The van der Waals surface area contributed by atoms with Crippen LogP contribution in [0, 0.1) is 0 Å². The molecule has 0 radical (unpaired) electrons. The lowest BCUT2D eigenvalue weighted by molar-refractivity contribution is -0.118. The normalized spacial score (nSPS) is 15.8. The lowest BCUT2D eigenvalue weighted by Gasteiger charge is -2.26. The topological polar surface area (TPSA) is 40.5 Å². The molecule has 3 rings (SSSR count). The lowest BCUT2D eigenvalue weighted by Crippen LogP contribution is -2.31. The van der Waals surface area contributed by atoms with Crippen molar-refractivity contribution in [3.05, 3.63) is 64.2 Å². The average Bonchev–Trinajstić information content (AvgIpc) is 2.51. The Morgan fingerprint density at radius 2 is 1.76 bits per heavy atom. The van der Waals surface area contributed by atoms with Crippen molar-refractivity contribution in [3.63, 3.8) is 0 Å². The Bertz CT molecular complexity index is 682. The van der Waals surface area contributed by atoms with Crippen LogP contribution in [0.15, 0.2) is 42.5 Å². The summed E-state index contributed by atoms with van der Waals surface area (Å²) in [5.74, 6) is 0.133. The molecule has 3 nitrogen and oxygen atoms in total. The van der Waals surface area contributed by atoms with Crippen molar-refractivity contribution in [3.8, 4) is 0 Å². The van der Waals surface area contributed by atoms with E-state index in [1.54, 1.807) is 24.1 Å². The predicted molar refractivity (Wildman–Crippen MR) is 83.7 cm³/mol. The maximum absolute atomic E-state index is 11.7. The van der Waals surface area contributed by atoms with Crippen molar-refractivity contribution in [1.82, 2.24) is 0 Å². The van der Waals surface area contributed by atoms with E-state index in [-0.39, 0.29) is 5.91 Å². The number of fused-ring (bicyclic) bond motifs is 1. The molecule has 0 saturated carbocycles. The van der Waals surface area contributed by atoms with Crippen LogP contribution in [0.5, 0.6) is 0 Å². The number of carbonyl (C=O) groups is 1. The first-order valence-electron chi connectivity index (χ1n) is 6.89. The van der Waals surface area contributed by atoms with Crippen molar-refractivity contribution >= 4 is 23.2 Å². The third kappa shape index (κ3) is 2.67. The van der Waals surface area contributed by atoms with Crippen LogP contribution >= 0.6 is 11.6 Å². The molecule has 0 aliphatic carbocycles. The monoisotopic (exact) mass is 301 g/mol. The Morgan fingerprint density at radius 3 is 2.48 bits per heavy atom. The molecule has 21 heavy (non-hydrogen) atoms. The molecule has 2 aromatic carbocycles. The van der Waals surface area contributed by atoms with Gasteiger partial charge in [0.15, 0.2) is 0 Å². The van der Waals surface area contributed by atoms with Crippen molar-refractivity contribution in [1.29, 1.82) is 0 Å². The number of halogens is 1. The number of rotatable bonds is 2. The van der Waals surface area contributed by atoms with Gasteiger partial charge in [-0.05, 0) is 41.3 Å². The molecule has 0 bridgehead atoms. The molecule has 1 unspecified atom stereocenters. The second-order valence-electron chi connectivity index (χ2n) is 5.29. The van der Waals surface area contributed by atoms with Crippen molar-refractivity contribution in [2.24, 2.45) is 0 Å². The van der Waals surface area contributed by atoms with E-state index in [0.29, 0.717) is 11.4 Å². The average molecular weight is 302 g/mol. The minimum Gasteiger partial charge on any atom is -0.384 e. The standard InChI is InChI=1S/C17H16ClNO2/c1-19-15-8-4-13(10-12(15)5-9-16(19)20)17(21)11-2-6-14(18)7-3-11/h2-4,6-8,10,17,21H,5,9H2,1H3. The minimum atomic E-state index is -0.685. The minimum absolute atomic E-state index is 0.133. The molecule has 1 aliphatic rings. The molecule has 0 fully saturated rings. The van der Waals surface area contributed by atoms with E-state index in [1.807, 2.05) is 30.3 Å². The highest BCUT2D eigenvalue weighted by molar-refractivity contribution is 6.30. The van der Waals surface area contributed by atoms with Crippen LogP contribution in [0.25, 0.3) is 0 Å². The van der Waals surface area contributed by atoms with E-state index in [4.69, 9.17) is 11.6 Å². The molecule has 1 atom stereocenters. The number of carbonyl (C=O) groups excluding carboxylic acids is 1. The maximum atomic E-state index is 11.7. The molecular weight excluding hydrogens is 286 g/mol. The SMILES string of the molecule is CN1C(=O)CCc2cc(C(O)c3ccc(Cl)cc3)ccc21. The number of aliphatic hydroxyl groups is 1. The smallest absolute Gasteiger partial charge is 0.227 e. The van der Waals surface area contributed by atoms with Crippen molar-refractivity contribution in [2.45, 2.75) is 18.9 Å². The summed E-state index contributed by atoms with van der Waals surface area (Å²) in [6, 6.07) is 12.9. The predicted octanol–water partition coefficient (Wildman–Crippen LogP) is 3.33. The number of nitrogens with zero attached hydrogens (tertiary/aromatic N) is 1. The fourth-order valence-corrected chi connectivity index (χ4v) is 2.81. The number of aryl methyl sites for hydroxylation is 1. The fourth-order valence-electron chi connectivity index (χ4n) is 2.68. The fraction of sp³-hybridized carbons (Fsp3) is 0.235. The summed E-state index contributed by atoms with van der Waals surface area (Å²) >= 11 is 5.87. The number of aliphatic hydroxyl groups excluding tert-OH is 1. The van der Waals surface area contributed by atoms with Crippen LogP contribution in [-0.4, -0.2) is 18.1 Å². The Hall–Kier alpha value is -1.84. The molecule has 1 heterocycles. The van der Waals surface area contributed by atoms with Crippen LogP contribution < -0.4 is 4.90 Å².